The van der Waals surface area contributed by atoms with Gasteiger partial charge in [0.15, 0.2) is 0 Å². The number of hydrogen-bond acceptors (Lipinski definition) is 2. The molecule has 0 amide bonds. The molecule has 17 heavy (non-hydrogen) atoms. The van der Waals surface area contributed by atoms with Gasteiger partial charge in [-0.15, -0.1) is 0 Å². The van der Waals surface area contributed by atoms with Crippen molar-refractivity contribution in [2.45, 2.75) is 50.6 Å². The first-order valence-electron chi connectivity index (χ1n) is 7.21. The molecule has 0 aromatic rings. The molecule has 3 aliphatic rings. The van der Waals surface area contributed by atoms with E-state index < -0.39 is 0 Å². The molecule has 3 rings (SSSR count). The van der Waals surface area contributed by atoms with Crippen molar-refractivity contribution in [2.24, 2.45) is 23.7 Å². The molecule has 1 saturated heterocycles. The summed E-state index contributed by atoms with van der Waals surface area (Å²) in [6.07, 6.45) is 8.53. The van der Waals surface area contributed by atoms with E-state index in [1.165, 1.54) is 38.5 Å². The third-order valence-electron chi connectivity index (χ3n) is 5.30. The molecule has 0 aromatic carbocycles. The lowest BCUT2D eigenvalue weighted by Crippen LogP contribution is -2.40. The normalized spacial score (nSPS) is 43.4. The Morgan fingerprint density at radius 2 is 1.65 bits per heavy atom. The van der Waals surface area contributed by atoms with Gasteiger partial charge in [-0.2, -0.15) is 0 Å². The number of methoxy groups -OCH3 is 1. The van der Waals surface area contributed by atoms with E-state index in [2.05, 4.69) is 0 Å². The number of hydrogen-bond donors (Lipinski definition) is 0. The molecule has 2 nitrogen and oxygen atoms in total. The van der Waals surface area contributed by atoms with Crippen LogP contribution < -0.4 is 0 Å². The van der Waals surface area contributed by atoms with Gasteiger partial charge in [0.25, 0.3) is 0 Å². The van der Waals surface area contributed by atoms with Crippen molar-refractivity contribution in [1.29, 1.82) is 0 Å². The lowest BCUT2D eigenvalue weighted by molar-refractivity contribution is -0.00889. The summed E-state index contributed by atoms with van der Waals surface area (Å²) in [7, 11) is 8.01. The summed E-state index contributed by atoms with van der Waals surface area (Å²) in [5.74, 6) is 2.96. The van der Waals surface area contributed by atoms with Crippen LogP contribution in [-0.2, 0) is 9.47 Å². The molecule has 4 atom stereocenters. The van der Waals surface area contributed by atoms with Crippen LogP contribution in [0.1, 0.15) is 38.5 Å². The van der Waals surface area contributed by atoms with Crippen LogP contribution in [0.25, 0.3) is 0 Å². The Balaban J connectivity index is 1.73. The van der Waals surface area contributed by atoms with Gasteiger partial charge in [-0.05, 0) is 23.7 Å². The fraction of sp³-hybridized carbons (Fsp3) is 1.00. The van der Waals surface area contributed by atoms with E-state index in [1.54, 1.807) is 7.11 Å². The molecule has 0 bridgehead atoms. The molecule has 1 heterocycles. The maximum Gasteiger partial charge on any atom is 0.109 e. The van der Waals surface area contributed by atoms with Gasteiger partial charge in [-0.3, -0.25) is 0 Å². The van der Waals surface area contributed by atoms with E-state index >= 15 is 0 Å². The summed E-state index contributed by atoms with van der Waals surface area (Å²) in [4.78, 5) is 0. The maximum atomic E-state index is 6.24. The van der Waals surface area contributed by atoms with Gasteiger partial charge in [0.1, 0.15) is 7.85 Å². The second-order valence-corrected chi connectivity index (χ2v) is 6.13. The smallest absolute Gasteiger partial charge is 0.109 e. The number of rotatable bonds is 4. The predicted octanol–water partition coefficient (Wildman–Crippen LogP) is 2.36. The second-order valence-electron chi connectivity index (χ2n) is 6.13. The first-order valence-corrected chi connectivity index (χ1v) is 7.21. The zero-order valence-electron chi connectivity index (χ0n) is 10.8. The molecule has 2 saturated carbocycles. The third kappa shape index (κ3) is 2.06. The van der Waals surface area contributed by atoms with E-state index in [0.29, 0.717) is 11.8 Å². The van der Waals surface area contributed by atoms with Crippen molar-refractivity contribution in [3.63, 3.8) is 0 Å². The van der Waals surface area contributed by atoms with Gasteiger partial charge < -0.3 is 9.47 Å². The van der Waals surface area contributed by atoms with Crippen LogP contribution in [0.15, 0.2) is 0 Å². The SMILES string of the molecule is [B]C1OC(COC)C(C2CCC2)C1C1CCC1. The fourth-order valence-corrected chi connectivity index (χ4v) is 4.01. The highest BCUT2D eigenvalue weighted by Gasteiger charge is 2.50. The lowest BCUT2D eigenvalue weighted by Gasteiger charge is -2.43. The highest BCUT2D eigenvalue weighted by molar-refractivity contribution is 6.11. The van der Waals surface area contributed by atoms with E-state index in [4.69, 9.17) is 17.3 Å². The Labute approximate surface area is 106 Å². The van der Waals surface area contributed by atoms with Crippen molar-refractivity contribution in [2.75, 3.05) is 13.7 Å². The molecule has 0 spiro atoms. The molecule has 0 aromatic heterocycles. The van der Waals surface area contributed by atoms with Crippen LogP contribution in [0.3, 0.4) is 0 Å². The van der Waals surface area contributed by atoms with Crippen molar-refractivity contribution < 1.29 is 9.47 Å². The van der Waals surface area contributed by atoms with E-state index in [1.807, 2.05) is 0 Å². The summed E-state index contributed by atoms with van der Waals surface area (Å²) in [5, 5.41) is 0. The molecule has 3 fully saturated rings. The summed E-state index contributed by atoms with van der Waals surface area (Å²) >= 11 is 0. The zero-order chi connectivity index (χ0) is 11.8. The van der Waals surface area contributed by atoms with Gasteiger partial charge >= 0.3 is 0 Å². The summed E-state index contributed by atoms with van der Waals surface area (Å²) in [5.41, 5.74) is 0. The van der Waals surface area contributed by atoms with E-state index in [0.717, 1.165) is 18.4 Å². The fourth-order valence-electron chi connectivity index (χ4n) is 4.01. The average molecular weight is 234 g/mol. The number of ether oxygens (including phenoxy) is 2. The van der Waals surface area contributed by atoms with Crippen LogP contribution in [-0.4, -0.2) is 33.7 Å². The Hall–Kier alpha value is -0.0151. The van der Waals surface area contributed by atoms with Crippen LogP contribution >= 0.6 is 0 Å². The predicted molar refractivity (Wildman–Crippen MR) is 68.0 cm³/mol. The molecule has 2 aliphatic carbocycles. The zero-order valence-corrected chi connectivity index (χ0v) is 10.8. The maximum absolute atomic E-state index is 6.24. The van der Waals surface area contributed by atoms with Crippen molar-refractivity contribution in [3.8, 4) is 0 Å². The second kappa shape index (κ2) is 4.93. The monoisotopic (exact) mass is 234 g/mol. The van der Waals surface area contributed by atoms with Gasteiger partial charge in [0.05, 0.1) is 12.7 Å². The molecule has 3 heteroatoms. The van der Waals surface area contributed by atoms with E-state index in [-0.39, 0.29) is 12.1 Å². The van der Waals surface area contributed by atoms with Gasteiger partial charge in [-0.1, -0.05) is 38.5 Å². The van der Waals surface area contributed by atoms with Gasteiger partial charge in [-0.25, -0.2) is 0 Å². The van der Waals surface area contributed by atoms with Crippen LogP contribution in [0.2, 0.25) is 0 Å². The van der Waals surface area contributed by atoms with Gasteiger partial charge in [0.2, 0.25) is 0 Å². The Kier molecular flexibility index (Phi) is 3.49. The average Bonchev–Trinajstić information content (AvgIpc) is 2.42. The highest BCUT2D eigenvalue weighted by Crippen LogP contribution is 2.51. The topological polar surface area (TPSA) is 18.5 Å². The van der Waals surface area contributed by atoms with E-state index in [9.17, 15) is 0 Å². The lowest BCUT2D eigenvalue weighted by atomic mass is 9.59. The molecule has 2 radical (unpaired) electrons. The van der Waals surface area contributed by atoms with Gasteiger partial charge in [0, 0.05) is 13.1 Å². The Morgan fingerprint density at radius 3 is 2.12 bits per heavy atom. The quantitative estimate of drug-likeness (QED) is 0.695. The van der Waals surface area contributed by atoms with Crippen molar-refractivity contribution >= 4 is 7.85 Å². The van der Waals surface area contributed by atoms with Crippen LogP contribution in [0.5, 0.6) is 0 Å². The third-order valence-corrected chi connectivity index (χ3v) is 5.30. The molecule has 0 N–H and O–H groups in total. The standard InChI is InChI=1S/C14H23BO2/c1-16-8-11-12(9-4-2-5-9)13(14(15)17-11)10-6-3-7-10/h9-14H,2-8H2,1H3. The molecular weight excluding hydrogens is 211 g/mol. The summed E-state index contributed by atoms with van der Waals surface area (Å²) in [6.45, 7) is 0.720. The minimum atomic E-state index is -0.0361. The van der Waals surface area contributed by atoms with Crippen LogP contribution in [0, 0.1) is 23.7 Å². The molecule has 94 valence electrons. The van der Waals surface area contributed by atoms with Crippen molar-refractivity contribution in [3.05, 3.63) is 0 Å². The first-order chi connectivity index (χ1) is 8.31. The molecule has 1 aliphatic heterocycles. The largest absolute Gasteiger partial charge is 0.382 e. The Bertz CT molecular complexity index is 263. The molecular formula is C14H23BO2. The summed E-state index contributed by atoms with van der Waals surface area (Å²) < 4.78 is 11.3. The highest BCUT2D eigenvalue weighted by atomic mass is 16.5. The minimum Gasteiger partial charge on any atom is -0.382 e. The molecule has 4 unspecified atom stereocenters. The first kappa shape index (κ1) is 12.0. The Morgan fingerprint density at radius 1 is 1.06 bits per heavy atom. The minimum absolute atomic E-state index is 0.0361. The van der Waals surface area contributed by atoms with Crippen LogP contribution in [0.4, 0.5) is 0 Å². The summed E-state index contributed by atoms with van der Waals surface area (Å²) in [6, 6.07) is -0.0361. The van der Waals surface area contributed by atoms with Crippen molar-refractivity contribution in [1.82, 2.24) is 0 Å².